The Hall–Kier alpha value is -2.19. The number of hydrogen-bond acceptors (Lipinski definition) is 4. The molecule has 0 saturated heterocycles. The molecule has 0 atom stereocenters. The third-order valence-electron chi connectivity index (χ3n) is 2.13. The average Bonchev–Trinajstić information content (AvgIpc) is 2.39. The quantitative estimate of drug-likeness (QED) is 0.632. The summed E-state index contributed by atoms with van der Waals surface area (Å²) >= 11 is 3.23. The zero-order valence-electron chi connectivity index (χ0n) is 9.13. The van der Waals surface area contributed by atoms with Crippen LogP contribution in [0.1, 0.15) is 15.9 Å². The first-order chi connectivity index (χ1) is 8.69. The van der Waals surface area contributed by atoms with Gasteiger partial charge in [0.25, 0.3) is 0 Å². The van der Waals surface area contributed by atoms with Crippen LogP contribution < -0.4 is 4.74 Å². The van der Waals surface area contributed by atoms with Crippen LogP contribution in [0.3, 0.4) is 0 Å². The van der Waals surface area contributed by atoms with Crippen molar-refractivity contribution in [2.24, 2.45) is 0 Å². The summed E-state index contributed by atoms with van der Waals surface area (Å²) in [4.78, 5) is 15.7. The van der Waals surface area contributed by atoms with E-state index in [1.807, 2.05) is 6.07 Å². The normalized spacial score (nSPS) is 9.56. The molecule has 4 nitrogen and oxygen atoms in total. The van der Waals surface area contributed by atoms with Crippen molar-refractivity contribution in [3.05, 3.63) is 58.3 Å². The van der Waals surface area contributed by atoms with Gasteiger partial charge in [-0.3, -0.25) is 4.98 Å². The number of benzene rings is 1. The highest BCUT2D eigenvalue weighted by atomic mass is 79.9. The van der Waals surface area contributed by atoms with E-state index in [4.69, 9.17) is 10.00 Å². The summed E-state index contributed by atoms with van der Waals surface area (Å²) in [5, 5.41) is 8.65. The van der Waals surface area contributed by atoms with E-state index in [1.165, 1.54) is 6.20 Å². The Labute approximate surface area is 112 Å². The Bertz CT molecular complexity index is 618. The highest BCUT2D eigenvalue weighted by molar-refractivity contribution is 9.10. The Kier molecular flexibility index (Phi) is 3.70. The van der Waals surface area contributed by atoms with Crippen LogP contribution in [0.5, 0.6) is 5.75 Å². The highest BCUT2D eigenvalue weighted by Gasteiger charge is 2.09. The molecule has 0 aliphatic rings. The van der Waals surface area contributed by atoms with E-state index in [2.05, 4.69) is 20.9 Å². The van der Waals surface area contributed by atoms with Crippen molar-refractivity contribution < 1.29 is 9.53 Å². The summed E-state index contributed by atoms with van der Waals surface area (Å²) in [6.07, 6.45) is 3.01. The Morgan fingerprint density at radius 2 is 2.00 bits per heavy atom. The van der Waals surface area contributed by atoms with Crippen LogP contribution in [-0.4, -0.2) is 11.0 Å². The predicted molar refractivity (Wildman–Crippen MR) is 68.1 cm³/mol. The van der Waals surface area contributed by atoms with Crippen molar-refractivity contribution in [3.63, 3.8) is 0 Å². The SMILES string of the molecule is N#Cc1ccc(OC(=O)c2cncc(Br)c2)cc1. The van der Waals surface area contributed by atoms with Crippen LogP contribution in [0.25, 0.3) is 0 Å². The molecule has 0 amide bonds. The fraction of sp³-hybridized carbons (Fsp3) is 0. The molecule has 88 valence electrons. The van der Waals surface area contributed by atoms with Crippen LogP contribution in [0.4, 0.5) is 0 Å². The summed E-state index contributed by atoms with van der Waals surface area (Å²) in [5.74, 6) is -0.104. The molecule has 2 aromatic rings. The van der Waals surface area contributed by atoms with Crippen LogP contribution in [0.15, 0.2) is 47.2 Å². The number of nitrogens with zero attached hydrogens (tertiary/aromatic N) is 2. The van der Waals surface area contributed by atoms with Gasteiger partial charge in [0.05, 0.1) is 17.2 Å². The van der Waals surface area contributed by atoms with E-state index in [-0.39, 0.29) is 0 Å². The van der Waals surface area contributed by atoms with E-state index >= 15 is 0 Å². The third kappa shape index (κ3) is 2.93. The molecule has 1 heterocycles. The number of ether oxygens (including phenoxy) is 1. The highest BCUT2D eigenvalue weighted by Crippen LogP contribution is 2.15. The first kappa shape index (κ1) is 12.3. The largest absolute Gasteiger partial charge is 0.423 e. The van der Waals surface area contributed by atoms with Gasteiger partial charge in [0.15, 0.2) is 0 Å². The Balaban J connectivity index is 2.14. The van der Waals surface area contributed by atoms with Gasteiger partial charge in [0.1, 0.15) is 5.75 Å². The first-order valence-electron chi connectivity index (χ1n) is 5.02. The number of hydrogen-bond donors (Lipinski definition) is 0. The van der Waals surface area contributed by atoms with E-state index in [0.717, 1.165) is 0 Å². The second-order valence-electron chi connectivity index (χ2n) is 3.42. The van der Waals surface area contributed by atoms with Gasteiger partial charge in [0.2, 0.25) is 0 Å². The molecule has 0 N–H and O–H groups in total. The Morgan fingerprint density at radius 1 is 1.28 bits per heavy atom. The maximum atomic E-state index is 11.8. The lowest BCUT2D eigenvalue weighted by molar-refractivity contribution is 0.0734. The maximum Gasteiger partial charge on any atom is 0.345 e. The van der Waals surface area contributed by atoms with Crippen molar-refractivity contribution in [2.45, 2.75) is 0 Å². The number of pyridine rings is 1. The van der Waals surface area contributed by atoms with Crippen LogP contribution in [-0.2, 0) is 0 Å². The number of carbonyl (C=O) groups is 1. The van der Waals surface area contributed by atoms with Crippen molar-refractivity contribution in [2.75, 3.05) is 0 Å². The summed E-state index contributed by atoms with van der Waals surface area (Å²) < 4.78 is 5.85. The molecule has 0 saturated carbocycles. The molecule has 0 radical (unpaired) electrons. The zero-order valence-corrected chi connectivity index (χ0v) is 10.7. The second kappa shape index (κ2) is 5.43. The molecule has 1 aromatic heterocycles. The third-order valence-corrected chi connectivity index (χ3v) is 2.57. The van der Waals surface area contributed by atoms with Gasteiger partial charge in [-0.2, -0.15) is 5.26 Å². The number of halogens is 1. The maximum absolute atomic E-state index is 11.8. The molecular weight excluding hydrogens is 296 g/mol. The van der Waals surface area contributed by atoms with E-state index < -0.39 is 5.97 Å². The average molecular weight is 303 g/mol. The number of aromatic nitrogens is 1. The van der Waals surface area contributed by atoms with Crippen molar-refractivity contribution in [3.8, 4) is 11.8 Å². The van der Waals surface area contributed by atoms with Crippen molar-refractivity contribution >= 4 is 21.9 Å². The van der Waals surface area contributed by atoms with Crippen LogP contribution in [0.2, 0.25) is 0 Å². The summed E-state index contributed by atoms with van der Waals surface area (Å²) in [6, 6.07) is 9.93. The minimum absolute atomic E-state index is 0.355. The van der Waals surface area contributed by atoms with Gasteiger partial charge in [-0.25, -0.2) is 4.79 Å². The van der Waals surface area contributed by atoms with Gasteiger partial charge in [-0.15, -0.1) is 0 Å². The molecule has 0 unspecified atom stereocenters. The zero-order chi connectivity index (χ0) is 13.0. The standard InChI is InChI=1S/C13H7BrN2O2/c14-11-5-10(7-16-8-11)13(17)18-12-3-1-9(6-15)2-4-12/h1-5,7-8H. The predicted octanol–water partition coefficient (Wildman–Crippen LogP) is 2.93. The van der Waals surface area contributed by atoms with E-state index in [1.54, 1.807) is 36.5 Å². The summed E-state index contributed by atoms with van der Waals surface area (Å²) in [7, 11) is 0. The number of nitriles is 1. The number of rotatable bonds is 2. The van der Waals surface area contributed by atoms with E-state index in [0.29, 0.717) is 21.3 Å². The molecular formula is C13H7BrN2O2. The fourth-order valence-corrected chi connectivity index (χ4v) is 1.65. The number of carbonyl (C=O) groups excluding carboxylic acids is 1. The molecule has 0 aliphatic carbocycles. The first-order valence-corrected chi connectivity index (χ1v) is 5.81. The molecule has 18 heavy (non-hydrogen) atoms. The molecule has 0 spiro atoms. The fourth-order valence-electron chi connectivity index (χ4n) is 1.29. The summed E-state index contributed by atoms with van der Waals surface area (Å²) in [6.45, 7) is 0. The molecule has 0 aliphatic heterocycles. The van der Waals surface area contributed by atoms with E-state index in [9.17, 15) is 4.79 Å². The summed E-state index contributed by atoms with van der Waals surface area (Å²) in [5.41, 5.74) is 0.868. The van der Waals surface area contributed by atoms with Gasteiger partial charge in [-0.05, 0) is 46.3 Å². The molecule has 5 heteroatoms. The number of esters is 1. The lowest BCUT2D eigenvalue weighted by Gasteiger charge is -2.04. The topological polar surface area (TPSA) is 63.0 Å². The Morgan fingerprint density at radius 3 is 2.61 bits per heavy atom. The van der Waals surface area contributed by atoms with Crippen LogP contribution >= 0.6 is 15.9 Å². The minimum Gasteiger partial charge on any atom is -0.423 e. The van der Waals surface area contributed by atoms with Gasteiger partial charge >= 0.3 is 5.97 Å². The van der Waals surface area contributed by atoms with Crippen LogP contribution in [0, 0.1) is 11.3 Å². The van der Waals surface area contributed by atoms with Crippen molar-refractivity contribution in [1.29, 1.82) is 5.26 Å². The smallest absolute Gasteiger partial charge is 0.345 e. The van der Waals surface area contributed by atoms with Gasteiger partial charge < -0.3 is 4.74 Å². The minimum atomic E-state index is -0.492. The van der Waals surface area contributed by atoms with Gasteiger partial charge in [0, 0.05) is 16.9 Å². The lowest BCUT2D eigenvalue weighted by atomic mass is 10.2. The lowest BCUT2D eigenvalue weighted by Crippen LogP contribution is -2.08. The molecule has 2 rings (SSSR count). The monoisotopic (exact) mass is 302 g/mol. The van der Waals surface area contributed by atoms with Crippen molar-refractivity contribution in [1.82, 2.24) is 4.98 Å². The second-order valence-corrected chi connectivity index (χ2v) is 4.33. The molecule has 0 fully saturated rings. The van der Waals surface area contributed by atoms with Gasteiger partial charge in [-0.1, -0.05) is 0 Å². The molecule has 1 aromatic carbocycles. The molecule has 0 bridgehead atoms.